The molecule has 3 N–H and O–H groups in total. The third kappa shape index (κ3) is 3.19. The first-order valence-electron chi connectivity index (χ1n) is 6.77. The lowest BCUT2D eigenvalue weighted by Crippen LogP contribution is -2.23. The number of hydrogen-bond donors (Lipinski definition) is 2. The maximum absolute atomic E-state index is 11.1. The van der Waals surface area contributed by atoms with Crippen LogP contribution in [0.3, 0.4) is 0 Å². The first-order valence-corrected chi connectivity index (χ1v) is 6.77. The molecule has 1 fully saturated rings. The zero-order valence-electron chi connectivity index (χ0n) is 11.5. The molecule has 0 atom stereocenters. The molecule has 4 heteroatoms. The third-order valence-corrected chi connectivity index (χ3v) is 3.86. The summed E-state index contributed by atoms with van der Waals surface area (Å²) in [6.45, 7) is 4.06. The Hall–Kier alpha value is -1.71. The van der Waals surface area contributed by atoms with Crippen molar-refractivity contribution in [2.24, 2.45) is 5.92 Å². The maximum Gasteiger partial charge on any atom is 0.337 e. The quantitative estimate of drug-likeness (QED) is 0.821. The molecule has 0 aliphatic heterocycles. The number of anilines is 1. The summed E-state index contributed by atoms with van der Waals surface area (Å²) in [4.78, 5) is 11.1. The van der Waals surface area contributed by atoms with Crippen LogP contribution in [0, 0.1) is 12.8 Å². The van der Waals surface area contributed by atoms with Gasteiger partial charge in [-0.2, -0.15) is 0 Å². The second kappa shape index (κ2) is 5.51. The Bertz CT molecular complexity index is 477. The number of rotatable bonds is 3. The van der Waals surface area contributed by atoms with Gasteiger partial charge in [0.1, 0.15) is 5.75 Å². The summed E-state index contributed by atoms with van der Waals surface area (Å²) < 4.78 is 5.91. The van der Waals surface area contributed by atoms with E-state index in [0.717, 1.165) is 24.3 Å². The number of nitrogen functional groups attached to an aromatic ring is 1. The summed E-state index contributed by atoms with van der Waals surface area (Å²) in [6.07, 6.45) is 4.61. The van der Waals surface area contributed by atoms with E-state index in [-0.39, 0.29) is 11.7 Å². The molecule has 4 nitrogen and oxygen atoms in total. The fourth-order valence-electron chi connectivity index (χ4n) is 2.55. The third-order valence-electron chi connectivity index (χ3n) is 3.86. The average Bonchev–Trinajstić information content (AvgIpc) is 2.36. The molecule has 0 bridgehead atoms. The first kappa shape index (κ1) is 13.7. The summed E-state index contributed by atoms with van der Waals surface area (Å²) in [5, 5.41) is 9.12. The van der Waals surface area contributed by atoms with Crippen molar-refractivity contribution in [3.63, 3.8) is 0 Å². The van der Waals surface area contributed by atoms with Gasteiger partial charge in [-0.3, -0.25) is 0 Å². The number of nitrogens with two attached hydrogens (primary N) is 1. The number of carboxylic acids is 1. The monoisotopic (exact) mass is 263 g/mol. The molecule has 1 aliphatic rings. The molecule has 0 aromatic heterocycles. The fraction of sp³-hybridized carbons (Fsp3) is 0.533. The van der Waals surface area contributed by atoms with Gasteiger partial charge in [0.05, 0.1) is 11.7 Å². The van der Waals surface area contributed by atoms with Crippen molar-refractivity contribution in [2.45, 2.75) is 45.6 Å². The fourth-order valence-corrected chi connectivity index (χ4v) is 2.55. The number of benzene rings is 1. The van der Waals surface area contributed by atoms with E-state index in [1.165, 1.54) is 18.9 Å². The number of carboxylic acid groups (broad SMARTS) is 1. The SMILES string of the molecule is Cc1cc(OC2CCC(C)CC2)cc(C(=O)O)c1N. The molecule has 0 spiro atoms. The largest absolute Gasteiger partial charge is 0.490 e. The standard InChI is InChI=1S/C15H21NO3/c1-9-3-5-11(6-4-9)19-12-7-10(2)14(16)13(8-12)15(17)18/h7-9,11H,3-6,16H2,1-2H3,(H,17,18). The van der Waals surface area contributed by atoms with Crippen LogP contribution in [0.2, 0.25) is 0 Å². The van der Waals surface area contributed by atoms with Crippen LogP contribution in [0.5, 0.6) is 5.75 Å². The van der Waals surface area contributed by atoms with Gasteiger partial charge in [0.25, 0.3) is 0 Å². The second-order valence-electron chi connectivity index (χ2n) is 5.51. The van der Waals surface area contributed by atoms with E-state index < -0.39 is 5.97 Å². The molecule has 0 amide bonds. The summed E-state index contributed by atoms with van der Waals surface area (Å²) in [7, 11) is 0. The summed E-state index contributed by atoms with van der Waals surface area (Å²) in [6, 6.07) is 3.35. The molecule has 0 unspecified atom stereocenters. The summed E-state index contributed by atoms with van der Waals surface area (Å²) in [5.74, 6) is 0.370. The van der Waals surface area contributed by atoms with Gasteiger partial charge in [0.15, 0.2) is 0 Å². The average molecular weight is 263 g/mol. The number of carbonyl (C=O) groups is 1. The molecule has 1 aromatic carbocycles. The zero-order chi connectivity index (χ0) is 14.0. The smallest absolute Gasteiger partial charge is 0.337 e. The highest BCUT2D eigenvalue weighted by atomic mass is 16.5. The predicted molar refractivity (Wildman–Crippen MR) is 74.6 cm³/mol. The number of aryl methyl sites for hydroxylation is 1. The Labute approximate surface area is 113 Å². The second-order valence-corrected chi connectivity index (χ2v) is 5.51. The van der Waals surface area contributed by atoms with E-state index >= 15 is 0 Å². The minimum absolute atomic E-state index is 0.124. The van der Waals surface area contributed by atoms with Crippen molar-refractivity contribution >= 4 is 11.7 Å². The Kier molecular flexibility index (Phi) is 3.98. The van der Waals surface area contributed by atoms with Gasteiger partial charge < -0.3 is 15.6 Å². The molecule has 104 valence electrons. The first-order chi connectivity index (χ1) is 8.97. The van der Waals surface area contributed by atoms with Gasteiger partial charge in [-0.1, -0.05) is 6.92 Å². The molecule has 1 saturated carbocycles. The molecule has 0 heterocycles. The number of hydrogen-bond acceptors (Lipinski definition) is 3. The minimum Gasteiger partial charge on any atom is -0.490 e. The predicted octanol–water partition coefficient (Wildman–Crippen LogP) is 3.23. The van der Waals surface area contributed by atoms with Gasteiger partial charge in [0, 0.05) is 5.69 Å². The van der Waals surface area contributed by atoms with Crippen molar-refractivity contribution in [3.05, 3.63) is 23.3 Å². The van der Waals surface area contributed by atoms with Crippen molar-refractivity contribution in [2.75, 3.05) is 5.73 Å². The number of aromatic carboxylic acids is 1. The van der Waals surface area contributed by atoms with Gasteiger partial charge in [-0.15, -0.1) is 0 Å². The Morgan fingerprint density at radius 1 is 1.32 bits per heavy atom. The van der Waals surface area contributed by atoms with E-state index in [2.05, 4.69) is 6.92 Å². The van der Waals surface area contributed by atoms with Crippen molar-refractivity contribution < 1.29 is 14.6 Å². The van der Waals surface area contributed by atoms with Gasteiger partial charge >= 0.3 is 5.97 Å². The Morgan fingerprint density at radius 3 is 2.53 bits per heavy atom. The van der Waals surface area contributed by atoms with Crippen LogP contribution >= 0.6 is 0 Å². The van der Waals surface area contributed by atoms with Crippen LogP contribution in [0.4, 0.5) is 5.69 Å². The van der Waals surface area contributed by atoms with Crippen LogP contribution in [0.1, 0.15) is 48.5 Å². The van der Waals surface area contributed by atoms with Crippen LogP contribution in [0.15, 0.2) is 12.1 Å². The highest BCUT2D eigenvalue weighted by Crippen LogP contribution is 2.30. The Balaban J connectivity index is 2.14. The molecular formula is C15H21NO3. The lowest BCUT2D eigenvalue weighted by atomic mass is 9.89. The van der Waals surface area contributed by atoms with E-state index in [1.807, 2.05) is 6.07 Å². The molecule has 2 rings (SSSR count). The highest BCUT2D eigenvalue weighted by molar-refractivity contribution is 5.95. The normalized spacial score (nSPS) is 23.1. The van der Waals surface area contributed by atoms with E-state index in [9.17, 15) is 4.79 Å². The van der Waals surface area contributed by atoms with E-state index in [0.29, 0.717) is 11.4 Å². The maximum atomic E-state index is 11.1. The van der Waals surface area contributed by atoms with Crippen LogP contribution in [-0.2, 0) is 0 Å². The minimum atomic E-state index is -1.01. The van der Waals surface area contributed by atoms with Crippen molar-refractivity contribution in [1.29, 1.82) is 0 Å². The summed E-state index contributed by atoms with van der Waals surface area (Å²) >= 11 is 0. The zero-order valence-corrected chi connectivity index (χ0v) is 11.5. The topological polar surface area (TPSA) is 72.5 Å². The molecular weight excluding hydrogens is 242 g/mol. The molecule has 1 aromatic rings. The lowest BCUT2D eigenvalue weighted by Gasteiger charge is -2.27. The van der Waals surface area contributed by atoms with Gasteiger partial charge in [-0.05, 0) is 56.2 Å². The Morgan fingerprint density at radius 2 is 1.95 bits per heavy atom. The van der Waals surface area contributed by atoms with E-state index in [1.54, 1.807) is 6.92 Å². The molecule has 1 aliphatic carbocycles. The van der Waals surface area contributed by atoms with Gasteiger partial charge in [0.2, 0.25) is 0 Å². The van der Waals surface area contributed by atoms with Crippen LogP contribution in [0.25, 0.3) is 0 Å². The van der Waals surface area contributed by atoms with Crippen LogP contribution in [-0.4, -0.2) is 17.2 Å². The lowest BCUT2D eigenvalue weighted by molar-refractivity contribution is 0.0696. The van der Waals surface area contributed by atoms with Crippen molar-refractivity contribution in [3.8, 4) is 5.75 Å². The highest BCUT2D eigenvalue weighted by Gasteiger charge is 2.20. The molecule has 0 radical (unpaired) electrons. The molecule has 0 saturated heterocycles. The van der Waals surface area contributed by atoms with E-state index in [4.69, 9.17) is 15.6 Å². The van der Waals surface area contributed by atoms with Crippen LogP contribution < -0.4 is 10.5 Å². The van der Waals surface area contributed by atoms with Crippen molar-refractivity contribution in [1.82, 2.24) is 0 Å². The number of ether oxygens (including phenoxy) is 1. The summed E-state index contributed by atoms with van der Waals surface area (Å²) in [5.41, 5.74) is 6.96. The molecule has 19 heavy (non-hydrogen) atoms. The van der Waals surface area contributed by atoms with Gasteiger partial charge in [-0.25, -0.2) is 4.79 Å².